The summed E-state index contributed by atoms with van der Waals surface area (Å²) in [6, 6.07) is 9.57. The molecule has 23 heavy (non-hydrogen) atoms. The summed E-state index contributed by atoms with van der Waals surface area (Å²) in [5.74, 6) is 0.222. The van der Waals surface area contributed by atoms with Crippen molar-refractivity contribution in [3.05, 3.63) is 47.7 Å². The zero-order chi connectivity index (χ0) is 16.2. The molecule has 0 spiro atoms. The zero-order valence-corrected chi connectivity index (χ0v) is 13.8. The smallest absolute Gasteiger partial charge is 0.338 e. The van der Waals surface area contributed by atoms with E-state index in [2.05, 4.69) is 34.3 Å². The predicted molar refractivity (Wildman–Crippen MR) is 92.5 cm³/mol. The molecule has 3 aromatic rings. The van der Waals surface area contributed by atoms with Gasteiger partial charge in [-0.05, 0) is 43.2 Å². The summed E-state index contributed by atoms with van der Waals surface area (Å²) in [6.45, 7) is 4.26. The SMILES string of the molecule is CCOC(=O)c1ccnc(Nc2nc3ccc(CC)cc3s2)c1. The molecule has 0 saturated carbocycles. The second-order valence-electron chi connectivity index (χ2n) is 4.95. The Kier molecular flexibility index (Phi) is 4.52. The number of nitrogens with zero attached hydrogens (tertiary/aromatic N) is 2. The van der Waals surface area contributed by atoms with Gasteiger partial charge in [-0.15, -0.1) is 0 Å². The summed E-state index contributed by atoms with van der Waals surface area (Å²) in [7, 11) is 0. The molecule has 2 heterocycles. The zero-order valence-electron chi connectivity index (χ0n) is 13.0. The Bertz CT molecular complexity index is 845. The van der Waals surface area contributed by atoms with Crippen LogP contribution in [0.4, 0.5) is 10.9 Å². The molecule has 1 aromatic carbocycles. The number of esters is 1. The number of hydrogen-bond acceptors (Lipinski definition) is 6. The standard InChI is InChI=1S/C17H17N3O2S/c1-3-11-5-6-13-14(9-11)23-17(19-13)20-15-10-12(7-8-18-15)16(21)22-4-2/h5-10H,3-4H2,1-2H3,(H,18,19,20). The molecular formula is C17H17N3O2S. The van der Waals surface area contributed by atoms with Crippen molar-refractivity contribution < 1.29 is 9.53 Å². The van der Waals surface area contributed by atoms with Gasteiger partial charge in [0.1, 0.15) is 5.82 Å². The van der Waals surface area contributed by atoms with Crippen molar-refractivity contribution in [2.45, 2.75) is 20.3 Å². The molecule has 0 saturated heterocycles. The van der Waals surface area contributed by atoms with E-state index < -0.39 is 0 Å². The van der Waals surface area contributed by atoms with E-state index in [1.54, 1.807) is 36.6 Å². The molecule has 0 aliphatic carbocycles. The van der Waals surface area contributed by atoms with E-state index in [9.17, 15) is 4.79 Å². The Morgan fingerprint density at radius 1 is 1.26 bits per heavy atom. The summed E-state index contributed by atoms with van der Waals surface area (Å²) < 4.78 is 6.13. The topological polar surface area (TPSA) is 64.1 Å². The number of hydrogen-bond donors (Lipinski definition) is 1. The second-order valence-corrected chi connectivity index (χ2v) is 5.98. The fourth-order valence-corrected chi connectivity index (χ4v) is 3.13. The first-order valence-corrected chi connectivity index (χ1v) is 8.31. The minimum Gasteiger partial charge on any atom is -0.462 e. The summed E-state index contributed by atoms with van der Waals surface area (Å²) in [5, 5.41) is 3.91. The summed E-state index contributed by atoms with van der Waals surface area (Å²) in [4.78, 5) is 20.5. The number of nitrogens with one attached hydrogen (secondary N) is 1. The number of anilines is 2. The molecule has 0 fully saturated rings. The van der Waals surface area contributed by atoms with Crippen LogP contribution in [0.5, 0.6) is 0 Å². The fourth-order valence-electron chi connectivity index (χ4n) is 2.19. The summed E-state index contributed by atoms with van der Waals surface area (Å²) in [5.41, 5.74) is 2.71. The fraction of sp³-hybridized carbons (Fsp3) is 0.235. The van der Waals surface area contributed by atoms with Crippen molar-refractivity contribution in [3.8, 4) is 0 Å². The molecule has 3 rings (SSSR count). The minimum atomic E-state index is -0.352. The van der Waals surface area contributed by atoms with E-state index in [0.717, 1.165) is 21.8 Å². The molecule has 0 radical (unpaired) electrons. The number of carbonyl (C=O) groups excluding carboxylic acids is 1. The summed E-state index contributed by atoms with van der Waals surface area (Å²) in [6.07, 6.45) is 2.58. The highest BCUT2D eigenvalue weighted by atomic mass is 32.1. The maximum absolute atomic E-state index is 11.8. The average Bonchev–Trinajstić information content (AvgIpc) is 2.96. The van der Waals surface area contributed by atoms with E-state index in [1.807, 2.05) is 6.07 Å². The van der Waals surface area contributed by atoms with Gasteiger partial charge in [0, 0.05) is 6.20 Å². The van der Waals surface area contributed by atoms with E-state index in [-0.39, 0.29) is 5.97 Å². The lowest BCUT2D eigenvalue weighted by atomic mass is 10.2. The van der Waals surface area contributed by atoms with Gasteiger partial charge in [0.2, 0.25) is 0 Å². The largest absolute Gasteiger partial charge is 0.462 e. The van der Waals surface area contributed by atoms with Crippen molar-refractivity contribution in [2.75, 3.05) is 11.9 Å². The number of fused-ring (bicyclic) bond motifs is 1. The third kappa shape index (κ3) is 3.48. The number of thiazole rings is 1. The third-order valence-corrected chi connectivity index (χ3v) is 4.30. The normalized spacial score (nSPS) is 10.7. The Balaban J connectivity index is 1.84. The monoisotopic (exact) mass is 327 g/mol. The van der Waals surface area contributed by atoms with Gasteiger partial charge in [-0.2, -0.15) is 0 Å². The highest BCUT2D eigenvalue weighted by Crippen LogP contribution is 2.28. The molecule has 0 bridgehead atoms. The van der Waals surface area contributed by atoms with Crippen molar-refractivity contribution in [1.29, 1.82) is 0 Å². The summed E-state index contributed by atoms with van der Waals surface area (Å²) >= 11 is 1.57. The number of benzene rings is 1. The molecule has 0 unspecified atom stereocenters. The molecule has 6 heteroatoms. The average molecular weight is 327 g/mol. The first-order valence-electron chi connectivity index (χ1n) is 7.49. The molecule has 0 aliphatic rings. The molecule has 2 aromatic heterocycles. The van der Waals surface area contributed by atoms with E-state index in [1.165, 1.54) is 5.56 Å². The number of carbonyl (C=O) groups is 1. The highest BCUT2D eigenvalue weighted by Gasteiger charge is 2.09. The van der Waals surface area contributed by atoms with Crippen LogP contribution in [0, 0.1) is 0 Å². The lowest BCUT2D eigenvalue weighted by Gasteiger charge is -2.04. The Hall–Kier alpha value is -2.47. The second kappa shape index (κ2) is 6.75. The molecule has 118 valence electrons. The molecule has 0 atom stereocenters. The molecule has 0 aliphatic heterocycles. The number of rotatable bonds is 5. The van der Waals surface area contributed by atoms with E-state index in [4.69, 9.17) is 4.74 Å². The van der Waals surface area contributed by atoms with Crippen molar-refractivity contribution >= 4 is 38.5 Å². The maximum Gasteiger partial charge on any atom is 0.338 e. The van der Waals surface area contributed by atoms with Crippen molar-refractivity contribution in [2.24, 2.45) is 0 Å². The predicted octanol–water partition coefficient (Wildman–Crippen LogP) is 4.17. The minimum absolute atomic E-state index is 0.349. The molecule has 1 N–H and O–H groups in total. The first-order chi connectivity index (χ1) is 11.2. The molecule has 0 amide bonds. The Morgan fingerprint density at radius 2 is 2.13 bits per heavy atom. The van der Waals surface area contributed by atoms with Crippen LogP contribution in [0.25, 0.3) is 10.2 Å². The number of aryl methyl sites for hydroxylation is 1. The van der Waals surface area contributed by atoms with Gasteiger partial charge in [0.05, 0.1) is 22.4 Å². The van der Waals surface area contributed by atoms with Crippen LogP contribution in [0.15, 0.2) is 36.5 Å². The van der Waals surface area contributed by atoms with Crippen molar-refractivity contribution in [3.63, 3.8) is 0 Å². The van der Waals surface area contributed by atoms with Crippen molar-refractivity contribution in [1.82, 2.24) is 9.97 Å². The maximum atomic E-state index is 11.8. The Labute approximate surface area is 138 Å². The first kappa shape index (κ1) is 15.4. The molecular weight excluding hydrogens is 310 g/mol. The third-order valence-electron chi connectivity index (χ3n) is 3.37. The van der Waals surface area contributed by atoms with Gasteiger partial charge in [-0.3, -0.25) is 0 Å². The van der Waals surface area contributed by atoms with Gasteiger partial charge in [-0.1, -0.05) is 24.3 Å². The van der Waals surface area contributed by atoms with Crippen LogP contribution < -0.4 is 5.32 Å². The lowest BCUT2D eigenvalue weighted by Crippen LogP contribution is -2.05. The van der Waals surface area contributed by atoms with Gasteiger partial charge in [-0.25, -0.2) is 14.8 Å². The van der Waals surface area contributed by atoms with Gasteiger partial charge < -0.3 is 10.1 Å². The Morgan fingerprint density at radius 3 is 2.91 bits per heavy atom. The molecule has 5 nitrogen and oxygen atoms in total. The van der Waals surface area contributed by atoms with Gasteiger partial charge in [0.25, 0.3) is 0 Å². The van der Waals surface area contributed by atoms with Crippen LogP contribution >= 0.6 is 11.3 Å². The van der Waals surface area contributed by atoms with Gasteiger partial charge >= 0.3 is 5.97 Å². The number of ether oxygens (including phenoxy) is 1. The van der Waals surface area contributed by atoms with Gasteiger partial charge in [0.15, 0.2) is 5.13 Å². The quantitative estimate of drug-likeness (QED) is 0.712. The van der Waals surface area contributed by atoms with Crippen LogP contribution in [0.1, 0.15) is 29.8 Å². The highest BCUT2D eigenvalue weighted by molar-refractivity contribution is 7.22. The van der Waals surface area contributed by atoms with Crippen LogP contribution in [0.3, 0.4) is 0 Å². The number of aromatic nitrogens is 2. The number of pyridine rings is 1. The van der Waals surface area contributed by atoms with E-state index >= 15 is 0 Å². The van der Waals surface area contributed by atoms with Crippen LogP contribution in [0.2, 0.25) is 0 Å². The van der Waals surface area contributed by atoms with Crippen LogP contribution in [-0.2, 0) is 11.2 Å². The lowest BCUT2D eigenvalue weighted by molar-refractivity contribution is 0.0526. The van der Waals surface area contributed by atoms with Crippen LogP contribution in [-0.4, -0.2) is 22.5 Å². The van der Waals surface area contributed by atoms with E-state index in [0.29, 0.717) is 18.0 Å².